The highest BCUT2D eigenvalue weighted by molar-refractivity contribution is 6.00. The molecule has 0 spiro atoms. The van der Waals surface area contributed by atoms with Gasteiger partial charge in [0.05, 0.1) is 17.2 Å². The smallest absolute Gasteiger partial charge is 0.335 e. The van der Waals surface area contributed by atoms with E-state index in [1.165, 1.54) is 17.0 Å². The maximum atomic E-state index is 14.6. The van der Waals surface area contributed by atoms with Crippen molar-refractivity contribution in [2.75, 3.05) is 0 Å². The van der Waals surface area contributed by atoms with Gasteiger partial charge in [0.15, 0.2) is 0 Å². The van der Waals surface area contributed by atoms with Crippen LogP contribution >= 0.6 is 0 Å². The second-order valence-electron chi connectivity index (χ2n) is 12.3. The normalized spacial score (nSPS) is 20.5. The Kier molecular flexibility index (Phi) is 8.65. The summed E-state index contributed by atoms with van der Waals surface area (Å²) in [7, 11) is 0. The molecule has 0 bridgehead atoms. The lowest BCUT2D eigenvalue weighted by Gasteiger charge is -2.50. The van der Waals surface area contributed by atoms with Crippen molar-refractivity contribution >= 4 is 23.7 Å². The van der Waals surface area contributed by atoms with Gasteiger partial charge < -0.3 is 20.2 Å². The molecule has 2 heterocycles. The van der Waals surface area contributed by atoms with E-state index < -0.39 is 30.0 Å². The van der Waals surface area contributed by atoms with Crippen LogP contribution in [-0.2, 0) is 33.9 Å². The van der Waals surface area contributed by atoms with Gasteiger partial charge in [0.25, 0.3) is 0 Å². The van der Waals surface area contributed by atoms with Crippen molar-refractivity contribution in [2.24, 2.45) is 5.92 Å². The molecule has 3 unspecified atom stereocenters. The van der Waals surface area contributed by atoms with Crippen LogP contribution in [0.25, 0.3) is 0 Å². The van der Waals surface area contributed by atoms with Gasteiger partial charge in [-0.15, -0.1) is 0 Å². The molecule has 3 aliphatic rings. The molecule has 3 amide bonds. The van der Waals surface area contributed by atoms with Crippen molar-refractivity contribution < 1.29 is 24.3 Å². The molecule has 3 aromatic rings. The number of aromatic carboxylic acids is 1. The Morgan fingerprint density at radius 2 is 1.60 bits per heavy atom. The minimum absolute atomic E-state index is 0.109. The van der Waals surface area contributed by atoms with Crippen molar-refractivity contribution in [1.82, 2.24) is 15.1 Å². The van der Waals surface area contributed by atoms with E-state index in [1.807, 2.05) is 24.3 Å². The quantitative estimate of drug-likeness (QED) is 0.382. The molecular formula is C36H36N4O5. The van der Waals surface area contributed by atoms with Crippen LogP contribution < -0.4 is 5.32 Å². The summed E-state index contributed by atoms with van der Waals surface area (Å²) in [4.78, 5) is 57.8. The molecule has 9 nitrogen and oxygen atoms in total. The van der Waals surface area contributed by atoms with Gasteiger partial charge in [-0.3, -0.25) is 14.4 Å². The van der Waals surface area contributed by atoms with E-state index >= 15 is 0 Å². The number of piperazine rings is 1. The first-order valence-electron chi connectivity index (χ1n) is 15.6. The molecule has 230 valence electrons. The van der Waals surface area contributed by atoms with E-state index in [1.54, 1.807) is 41.3 Å². The predicted octanol–water partition coefficient (Wildman–Crippen LogP) is 4.75. The van der Waals surface area contributed by atoms with E-state index in [2.05, 4.69) is 11.4 Å². The fourth-order valence-corrected chi connectivity index (χ4v) is 7.10. The van der Waals surface area contributed by atoms with E-state index in [0.29, 0.717) is 36.1 Å². The molecule has 9 heteroatoms. The van der Waals surface area contributed by atoms with Gasteiger partial charge in [-0.1, -0.05) is 80.6 Å². The standard InChI is InChI=1S/C36H36N4O5/c37-20-24-10-14-26(15-11-24)32(33(41)38-21-25-12-16-27(17-13-25)36(44)45)40-31(18-23-6-2-1-3-7-23)34(42)39-22-29-9-5-4-8-28(29)19-30(39)35(40)43/h4-5,8-17,23,30-32H,1-3,6-7,18-19,21-22H2,(H,38,41)(H,44,45). The van der Waals surface area contributed by atoms with Crippen LogP contribution in [0.3, 0.4) is 0 Å². The van der Waals surface area contributed by atoms with Crippen molar-refractivity contribution in [1.29, 1.82) is 5.26 Å². The lowest BCUT2D eigenvalue weighted by atomic mass is 9.81. The number of carbonyl (C=O) groups is 4. The number of nitrogens with zero attached hydrogens (tertiary/aromatic N) is 3. The van der Waals surface area contributed by atoms with Gasteiger partial charge in [-0.05, 0) is 58.9 Å². The molecule has 1 saturated carbocycles. The third kappa shape index (κ3) is 6.18. The summed E-state index contributed by atoms with van der Waals surface area (Å²) in [5.74, 6) is -1.59. The number of fused-ring (bicyclic) bond motifs is 2. The van der Waals surface area contributed by atoms with Gasteiger partial charge in [0.1, 0.15) is 18.1 Å². The summed E-state index contributed by atoms with van der Waals surface area (Å²) in [6.45, 7) is 0.470. The molecule has 2 aliphatic heterocycles. The molecular weight excluding hydrogens is 568 g/mol. The van der Waals surface area contributed by atoms with Crippen LogP contribution in [0.5, 0.6) is 0 Å². The summed E-state index contributed by atoms with van der Waals surface area (Å²) in [6.07, 6.45) is 6.17. The van der Waals surface area contributed by atoms with E-state index in [0.717, 1.165) is 43.2 Å². The summed E-state index contributed by atoms with van der Waals surface area (Å²) in [6, 6.07) is 20.2. The number of hydrogen-bond acceptors (Lipinski definition) is 5. The van der Waals surface area contributed by atoms with Crippen LogP contribution in [0.1, 0.15) is 82.7 Å². The average molecular weight is 605 g/mol. The number of nitrogens with one attached hydrogen (secondary N) is 1. The maximum absolute atomic E-state index is 14.6. The molecule has 2 N–H and O–H groups in total. The molecule has 45 heavy (non-hydrogen) atoms. The minimum Gasteiger partial charge on any atom is -0.478 e. The first-order chi connectivity index (χ1) is 21.8. The third-order valence-electron chi connectivity index (χ3n) is 9.52. The molecule has 3 aromatic carbocycles. The zero-order chi connectivity index (χ0) is 31.5. The molecule has 1 aliphatic carbocycles. The van der Waals surface area contributed by atoms with Crippen LogP contribution in [0.2, 0.25) is 0 Å². The van der Waals surface area contributed by atoms with Gasteiger partial charge >= 0.3 is 5.97 Å². The monoisotopic (exact) mass is 604 g/mol. The zero-order valence-electron chi connectivity index (χ0n) is 25.0. The van der Waals surface area contributed by atoms with Crippen molar-refractivity contribution in [3.8, 4) is 6.07 Å². The number of carboxylic acids is 1. The highest BCUT2D eigenvalue weighted by Gasteiger charge is 2.51. The Balaban J connectivity index is 1.37. The summed E-state index contributed by atoms with van der Waals surface area (Å²) < 4.78 is 0. The lowest BCUT2D eigenvalue weighted by molar-refractivity contribution is -0.169. The maximum Gasteiger partial charge on any atom is 0.335 e. The summed E-state index contributed by atoms with van der Waals surface area (Å²) >= 11 is 0. The Hall–Kier alpha value is -4.97. The Bertz CT molecular complexity index is 1640. The fraction of sp³-hybridized carbons (Fsp3) is 0.361. The first kappa shape index (κ1) is 30.1. The SMILES string of the molecule is N#Cc1ccc(C(C(=O)NCc2ccc(C(=O)O)cc2)N2C(=O)C3Cc4ccccc4CN3C(=O)C2CC2CCCCC2)cc1. The molecule has 6 rings (SSSR count). The molecule has 2 fully saturated rings. The molecule has 0 radical (unpaired) electrons. The largest absolute Gasteiger partial charge is 0.478 e. The highest BCUT2D eigenvalue weighted by atomic mass is 16.4. The summed E-state index contributed by atoms with van der Waals surface area (Å²) in [5.41, 5.74) is 3.84. The van der Waals surface area contributed by atoms with E-state index in [9.17, 15) is 29.5 Å². The van der Waals surface area contributed by atoms with Crippen molar-refractivity contribution in [3.63, 3.8) is 0 Å². The number of carboxylic acid groups (broad SMARTS) is 1. The Morgan fingerprint density at radius 3 is 2.27 bits per heavy atom. The van der Waals surface area contributed by atoms with Crippen LogP contribution in [0.4, 0.5) is 0 Å². The van der Waals surface area contributed by atoms with E-state index in [4.69, 9.17) is 0 Å². The van der Waals surface area contributed by atoms with Gasteiger partial charge in [-0.25, -0.2) is 4.79 Å². The van der Waals surface area contributed by atoms with Crippen LogP contribution in [0.15, 0.2) is 72.8 Å². The van der Waals surface area contributed by atoms with Gasteiger partial charge in [0.2, 0.25) is 17.7 Å². The van der Waals surface area contributed by atoms with Gasteiger partial charge in [-0.2, -0.15) is 5.26 Å². The third-order valence-corrected chi connectivity index (χ3v) is 9.52. The zero-order valence-corrected chi connectivity index (χ0v) is 25.0. The number of hydrogen-bond donors (Lipinski definition) is 2. The highest BCUT2D eigenvalue weighted by Crippen LogP contribution is 2.38. The Labute approximate surface area is 262 Å². The number of benzene rings is 3. The number of nitriles is 1. The summed E-state index contributed by atoms with van der Waals surface area (Å²) in [5, 5.41) is 21.6. The average Bonchev–Trinajstić information content (AvgIpc) is 3.07. The van der Waals surface area contributed by atoms with Gasteiger partial charge in [0, 0.05) is 19.5 Å². The number of rotatable bonds is 8. The predicted molar refractivity (Wildman–Crippen MR) is 165 cm³/mol. The topological polar surface area (TPSA) is 131 Å². The lowest BCUT2D eigenvalue weighted by Crippen LogP contribution is -2.67. The first-order valence-corrected chi connectivity index (χ1v) is 15.6. The molecule has 1 saturated heterocycles. The van der Waals surface area contributed by atoms with Crippen LogP contribution in [-0.4, -0.2) is 50.7 Å². The number of amides is 3. The molecule has 3 atom stereocenters. The van der Waals surface area contributed by atoms with Crippen LogP contribution in [0, 0.1) is 17.2 Å². The Morgan fingerprint density at radius 1 is 0.911 bits per heavy atom. The molecule has 0 aromatic heterocycles. The van der Waals surface area contributed by atoms with Crippen molar-refractivity contribution in [3.05, 3.63) is 106 Å². The minimum atomic E-state index is -1.10. The fourth-order valence-electron chi connectivity index (χ4n) is 7.10. The van der Waals surface area contributed by atoms with E-state index in [-0.39, 0.29) is 29.8 Å². The van der Waals surface area contributed by atoms with Crippen molar-refractivity contribution in [2.45, 2.75) is 76.2 Å². The second-order valence-corrected chi connectivity index (χ2v) is 12.3. The number of carbonyl (C=O) groups excluding carboxylic acids is 3. The second kappa shape index (κ2) is 12.9.